The molecule has 0 bridgehead atoms. The van der Waals surface area contributed by atoms with Gasteiger partial charge in [-0.25, -0.2) is 8.42 Å². The first-order chi connectivity index (χ1) is 11.4. The number of amides is 1. The van der Waals surface area contributed by atoms with Gasteiger partial charge in [-0.05, 0) is 38.8 Å². The summed E-state index contributed by atoms with van der Waals surface area (Å²) in [7, 11) is -3.70. The molecule has 7 heteroatoms. The summed E-state index contributed by atoms with van der Waals surface area (Å²) in [5.41, 5.74) is 1.75. The fourth-order valence-electron chi connectivity index (χ4n) is 3.67. The van der Waals surface area contributed by atoms with E-state index >= 15 is 0 Å². The van der Waals surface area contributed by atoms with Gasteiger partial charge >= 0.3 is 0 Å². The van der Waals surface area contributed by atoms with Gasteiger partial charge in [0, 0.05) is 32.7 Å². The predicted octanol–water partition coefficient (Wildman–Crippen LogP) is 1.19. The lowest BCUT2D eigenvalue weighted by Gasteiger charge is -2.47. The number of nitrogens with zero attached hydrogens (tertiary/aromatic N) is 3. The van der Waals surface area contributed by atoms with E-state index in [2.05, 4.69) is 0 Å². The molecule has 24 heavy (non-hydrogen) atoms. The quantitative estimate of drug-likeness (QED) is 0.821. The summed E-state index contributed by atoms with van der Waals surface area (Å²) in [6.07, 6.45) is 0.0539. The molecule has 1 amide bonds. The molecule has 0 spiro atoms. The second-order valence-electron chi connectivity index (χ2n) is 6.57. The molecule has 3 rings (SSSR count). The molecular formula is C17H25N3O3S. The second kappa shape index (κ2) is 6.46. The van der Waals surface area contributed by atoms with Crippen molar-refractivity contribution in [2.75, 3.05) is 32.7 Å². The molecule has 132 valence electrons. The van der Waals surface area contributed by atoms with E-state index in [1.54, 1.807) is 11.0 Å². The van der Waals surface area contributed by atoms with Gasteiger partial charge in [-0.15, -0.1) is 0 Å². The first kappa shape index (κ1) is 17.4. The zero-order chi connectivity index (χ0) is 17.5. The number of rotatable bonds is 3. The van der Waals surface area contributed by atoms with Crippen LogP contribution in [0.3, 0.4) is 0 Å². The number of hydrogen-bond donors (Lipinski definition) is 0. The summed E-state index contributed by atoms with van der Waals surface area (Å²) in [6, 6.07) is 5.34. The van der Waals surface area contributed by atoms with Crippen LogP contribution in [0.4, 0.5) is 0 Å². The largest absolute Gasteiger partial charge is 0.339 e. The fourth-order valence-corrected chi connectivity index (χ4v) is 5.49. The molecule has 0 aromatic heterocycles. The van der Waals surface area contributed by atoms with E-state index in [-0.39, 0.29) is 5.91 Å². The number of piperazine rings is 1. The first-order valence-corrected chi connectivity index (χ1v) is 9.92. The summed E-state index contributed by atoms with van der Waals surface area (Å²) in [6.45, 7) is 8.85. The van der Waals surface area contributed by atoms with Crippen LogP contribution in [0.2, 0.25) is 0 Å². The maximum atomic E-state index is 13.2. The molecule has 1 atom stereocenters. The molecule has 1 aromatic rings. The highest BCUT2D eigenvalue weighted by Gasteiger charge is 2.45. The van der Waals surface area contributed by atoms with Crippen molar-refractivity contribution in [3.8, 4) is 0 Å². The predicted molar refractivity (Wildman–Crippen MR) is 92.0 cm³/mol. The van der Waals surface area contributed by atoms with Gasteiger partial charge < -0.3 is 4.90 Å². The Labute approximate surface area is 144 Å². The van der Waals surface area contributed by atoms with Crippen molar-refractivity contribution in [1.82, 2.24) is 14.1 Å². The summed E-state index contributed by atoms with van der Waals surface area (Å²) >= 11 is 0. The van der Waals surface area contributed by atoms with E-state index < -0.39 is 16.2 Å². The van der Waals surface area contributed by atoms with Crippen molar-refractivity contribution in [2.45, 2.75) is 38.3 Å². The number of fused-ring (bicyclic) bond motifs is 1. The van der Waals surface area contributed by atoms with Gasteiger partial charge in [0.25, 0.3) is 5.91 Å². The van der Waals surface area contributed by atoms with Crippen LogP contribution >= 0.6 is 0 Å². The average Bonchev–Trinajstić information content (AvgIpc) is 2.54. The van der Waals surface area contributed by atoms with E-state index in [0.29, 0.717) is 24.5 Å². The average molecular weight is 351 g/mol. The van der Waals surface area contributed by atoms with Crippen LogP contribution < -0.4 is 0 Å². The number of carbonyl (C=O) groups is 1. The third-order valence-corrected chi connectivity index (χ3v) is 6.94. The van der Waals surface area contributed by atoms with Crippen LogP contribution in [0.5, 0.6) is 0 Å². The normalized spacial score (nSPS) is 23.4. The number of sulfonamides is 1. The Morgan fingerprint density at radius 2 is 1.88 bits per heavy atom. The molecule has 2 aliphatic heterocycles. The van der Waals surface area contributed by atoms with E-state index in [1.807, 2.05) is 37.8 Å². The summed E-state index contributed by atoms with van der Waals surface area (Å²) in [5, 5.41) is 0. The molecule has 2 fully saturated rings. The van der Waals surface area contributed by atoms with Gasteiger partial charge in [0.15, 0.2) is 6.17 Å². The van der Waals surface area contributed by atoms with Gasteiger partial charge in [-0.1, -0.05) is 17.7 Å². The number of aryl methyl sites for hydroxylation is 2. The third kappa shape index (κ3) is 2.85. The van der Waals surface area contributed by atoms with Gasteiger partial charge in [0.05, 0.1) is 4.90 Å². The second-order valence-corrected chi connectivity index (χ2v) is 8.42. The number of carbonyl (C=O) groups excluding carboxylic acids is 1. The van der Waals surface area contributed by atoms with Crippen LogP contribution in [-0.2, 0) is 14.8 Å². The molecule has 0 unspecified atom stereocenters. The Kier molecular flexibility index (Phi) is 4.68. The Morgan fingerprint density at radius 1 is 1.12 bits per heavy atom. The molecule has 0 aliphatic carbocycles. The van der Waals surface area contributed by atoms with Crippen LogP contribution in [0.15, 0.2) is 23.1 Å². The van der Waals surface area contributed by atoms with Crippen molar-refractivity contribution in [3.05, 3.63) is 29.3 Å². The fraction of sp³-hybridized carbons (Fsp3) is 0.588. The van der Waals surface area contributed by atoms with Crippen molar-refractivity contribution in [1.29, 1.82) is 0 Å². The number of hydrogen-bond acceptors (Lipinski definition) is 4. The van der Waals surface area contributed by atoms with Crippen LogP contribution in [0.25, 0.3) is 0 Å². The molecular weight excluding hydrogens is 326 g/mol. The summed E-state index contributed by atoms with van der Waals surface area (Å²) < 4.78 is 27.9. The number of likely N-dealkylation sites (N-methyl/N-ethyl adjacent to an activating group) is 1. The zero-order valence-electron chi connectivity index (χ0n) is 14.5. The monoisotopic (exact) mass is 351 g/mol. The van der Waals surface area contributed by atoms with Crippen molar-refractivity contribution >= 4 is 15.9 Å². The standard InChI is InChI=1S/C17H25N3O3S/c1-4-18-10-11-19-8-5-9-20(16(19)17(18)21)24(22,23)15-7-6-13(2)12-14(15)3/h6-7,12,16H,4-5,8-11H2,1-3H3/t16-/m1/s1. The molecule has 0 N–H and O–H groups in total. The lowest BCUT2D eigenvalue weighted by molar-refractivity contribution is -0.149. The molecule has 2 heterocycles. The van der Waals surface area contributed by atoms with Crippen molar-refractivity contribution in [3.63, 3.8) is 0 Å². The van der Waals surface area contributed by atoms with Crippen molar-refractivity contribution in [2.24, 2.45) is 0 Å². The van der Waals surface area contributed by atoms with E-state index in [1.165, 1.54) is 4.31 Å². The van der Waals surface area contributed by atoms with Gasteiger partial charge in [-0.3, -0.25) is 9.69 Å². The lowest BCUT2D eigenvalue weighted by Crippen LogP contribution is -2.67. The van der Waals surface area contributed by atoms with Crippen LogP contribution in [0, 0.1) is 13.8 Å². The summed E-state index contributed by atoms with van der Waals surface area (Å²) in [5.74, 6) is -0.100. The third-order valence-electron chi connectivity index (χ3n) is 4.93. The highest BCUT2D eigenvalue weighted by Crippen LogP contribution is 2.28. The highest BCUT2D eigenvalue weighted by molar-refractivity contribution is 7.89. The molecule has 2 saturated heterocycles. The Morgan fingerprint density at radius 3 is 2.54 bits per heavy atom. The molecule has 1 aromatic carbocycles. The topological polar surface area (TPSA) is 60.9 Å². The van der Waals surface area contributed by atoms with Crippen LogP contribution in [0.1, 0.15) is 24.5 Å². The van der Waals surface area contributed by atoms with Gasteiger partial charge in [-0.2, -0.15) is 4.31 Å². The minimum Gasteiger partial charge on any atom is -0.339 e. The highest BCUT2D eigenvalue weighted by atomic mass is 32.2. The molecule has 0 saturated carbocycles. The maximum Gasteiger partial charge on any atom is 0.255 e. The first-order valence-electron chi connectivity index (χ1n) is 8.48. The maximum absolute atomic E-state index is 13.2. The Balaban J connectivity index is 2.01. The van der Waals surface area contributed by atoms with Crippen molar-refractivity contribution < 1.29 is 13.2 Å². The Bertz CT molecular complexity index is 747. The molecule has 0 radical (unpaired) electrons. The van der Waals surface area contributed by atoms with Gasteiger partial charge in [0.1, 0.15) is 0 Å². The lowest BCUT2D eigenvalue weighted by atomic mass is 10.2. The zero-order valence-corrected chi connectivity index (χ0v) is 15.3. The van der Waals surface area contributed by atoms with E-state index in [4.69, 9.17) is 0 Å². The molecule has 2 aliphatic rings. The SMILES string of the molecule is CCN1CCN2CCCN(S(=O)(=O)c3ccc(C)cc3C)[C@@H]2C1=O. The van der Waals surface area contributed by atoms with E-state index in [9.17, 15) is 13.2 Å². The summed E-state index contributed by atoms with van der Waals surface area (Å²) in [4.78, 5) is 16.8. The smallest absolute Gasteiger partial charge is 0.255 e. The Hall–Kier alpha value is -1.44. The minimum absolute atomic E-state index is 0.100. The van der Waals surface area contributed by atoms with Crippen LogP contribution in [-0.4, -0.2) is 67.3 Å². The minimum atomic E-state index is -3.70. The van der Waals surface area contributed by atoms with E-state index in [0.717, 1.165) is 30.6 Å². The molecule has 6 nitrogen and oxygen atoms in total. The van der Waals surface area contributed by atoms with Gasteiger partial charge in [0.2, 0.25) is 10.0 Å². The number of benzene rings is 1.